The highest BCUT2D eigenvalue weighted by molar-refractivity contribution is 5.68. The largest absolute Gasteiger partial charge is 0.460 e. The Kier molecular flexibility index (Phi) is 5.40. The highest BCUT2D eigenvalue weighted by Gasteiger charge is 2.06. The van der Waals surface area contributed by atoms with Gasteiger partial charge in [0.15, 0.2) is 0 Å². The van der Waals surface area contributed by atoms with Crippen molar-refractivity contribution in [3.05, 3.63) is 78.0 Å². The average Bonchev–Trinajstić information content (AvgIpc) is 2.68. The number of nitrogens with zero attached hydrogens (tertiary/aromatic N) is 4. The van der Waals surface area contributed by atoms with Gasteiger partial charge in [0.2, 0.25) is 0 Å². The van der Waals surface area contributed by atoms with Crippen LogP contribution in [0.3, 0.4) is 0 Å². The SMILES string of the molecule is O=NC(C=Nc1ccc(Oc2ncccn2)cc1)Oc1ccccc1. The van der Waals surface area contributed by atoms with Crippen molar-refractivity contribution >= 4 is 11.9 Å². The Morgan fingerprint density at radius 3 is 2.28 bits per heavy atom. The maximum Gasteiger partial charge on any atom is 0.321 e. The Morgan fingerprint density at radius 1 is 0.880 bits per heavy atom. The number of benzene rings is 2. The number of hydrogen-bond donors (Lipinski definition) is 0. The second kappa shape index (κ2) is 8.30. The van der Waals surface area contributed by atoms with E-state index in [0.29, 0.717) is 17.2 Å². The van der Waals surface area contributed by atoms with Crippen molar-refractivity contribution in [3.8, 4) is 17.5 Å². The van der Waals surface area contributed by atoms with E-state index in [4.69, 9.17) is 9.47 Å². The van der Waals surface area contributed by atoms with E-state index in [0.717, 1.165) is 0 Å². The van der Waals surface area contributed by atoms with Crippen molar-refractivity contribution in [2.75, 3.05) is 0 Å². The Hall–Kier alpha value is -3.61. The zero-order valence-corrected chi connectivity index (χ0v) is 13.1. The predicted octanol–water partition coefficient (Wildman–Crippen LogP) is 4.14. The minimum absolute atomic E-state index is 0.264. The van der Waals surface area contributed by atoms with Gasteiger partial charge in [-0.25, -0.2) is 9.97 Å². The molecule has 1 heterocycles. The summed E-state index contributed by atoms with van der Waals surface area (Å²) in [4.78, 5) is 23.0. The molecule has 0 aliphatic heterocycles. The van der Waals surface area contributed by atoms with Gasteiger partial charge in [0.25, 0.3) is 6.23 Å². The summed E-state index contributed by atoms with van der Waals surface area (Å²) in [6, 6.07) is 17.8. The van der Waals surface area contributed by atoms with E-state index in [1.807, 2.05) is 18.2 Å². The Morgan fingerprint density at radius 2 is 1.60 bits per heavy atom. The molecule has 1 unspecified atom stereocenters. The van der Waals surface area contributed by atoms with Gasteiger partial charge in [0.05, 0.1) is 11.9 Å². The molecule has 0 saturated heterocycles. The van der Waals surface area contributed by atoms with Crippen LogP contribution < -0.4 is 9.47 Å². The topological polar surface area (TPSA) is 86.0 Å². The highest BCUT2D eigenvalue weighted by atomic mass is 16.5. The van der Waals surface area contributed by atoms with E-state index in [-0.39, 0.29) is 6.01 Å². The van der Waals surface area contributed by atoms with Crippen LogP contribution >= 0.6 is 0 Å². The van der Waals surface area contributed by atoms with E-state index in [2.05, 4.69) is 20.1 Å². The predicted molar refractivity (Wildman–Crippen MR) is 93.4 cm³/mol. The molecule has 0 aliphatic rings. The number of nitroso groups, excluding NO2 is 1. The van der Waals surface area contributed by atoms with Gasteiger partial charge in [-0.15, -0.1) is 4.91 Å². The second-order valence-corrected chi connectivity index (χ2v) is 4.83. The zero-order chi connectivity index (χ0) is 17.3. The summed E-state index contributed by atoms with van der Waals surface area (Å²) in [6.45, 7) is 0. The standard InChI is InChI=1S/C18H14N4O3/c23-22-17(24-15-5-2-1-3-6-15)13-21-14-7-9-16(10-8-14)25-18-19-11-4-12-20-18/h1-13,17H. The van der Waals surface area contributed by atoms with Crippen molar-refractivity contribution in [2.24, 2.45) is 10.2 Å². The van der Waals surface area contributed by atoms with Crippen LogP contribution in [-0.4, -0.2) is 22.4 Å². The molecular formula is C18H14N4O3. The lowest BCUT2D eigenvalue weighted by Crippen LogP contribution is -2.14. The number of rotatable bonds is 7. The number of para-hydroxylation sites is 1. The lowest BCUT2D eigenvalue weighted by Gasteiger charge is -2.07. The Labute approximate surface area is 144 Å². The highest BCUT2D eigenvalue weighted by Crippen LogP contribution is 2.21. The molecule has 0 bridgehead atoms. The summed E-state index contributed by atoms with van der Waals surface area (Å²) < 4.78 is 10.9. The van der Waals surface area contributed by atoms with Crippen LogP contribution in [-0.2, 0) is 0 Å². The molecule has 25 heavy (non-hydrogen) atoms. The van der Waals surface area contributed by atoms with Gasteiger partial charge < -0.3 is 9.47 Å². The smallest absolute Gasteiger partial charge is 0.321 e. The van der Waals surface area contributed by atoms with Crippen molar-refractivity contribution in [2.45, 2.75) is 6.23 Å². The fourth-order valence-corrected chi connectivity index (χ4v) is 1.91. The van der Waals surface area contributed by atoms with Crippen LogP contribution in [0, 0.1) is 4.91 Å². The first-order valence-corrected chi connectivity index (χ1v) is 7.47. The van der Waals surface area contributed by atoms with Crippen molar-refractivity contribution in [1.82, 2.24) is 9.97 Å². The van der Waals surface area contributed by atoms with Gasteiger partial charge in [-0.1, -0.05) is 18.2 Å². The van der Waals surface area contributed by atoms with Crippen LogP contribution in [0.4, 0.5) is 5.69 Å². The molecule has 0 saturated carbocycles. The van der Waals surface area contributed by atoms with Crippen molar-refractivity contribution in [3.63, 3.8) is 0 Å². The number of hydrogen-bond acceptors (Lipinski definition) is 7. The summed E-state index contributed by atoms with van der Waals surface area (Å²) >= 11 is 0. The summed E-state index contributed by atoms with van der Waals surface area (Å²) in [6.07, 6.45) is 3.53. The van der Waals surface area contributed by atoms with E-state index in [9.17, 15) is 4.91 Å². The molecule has 1 atom stereocenters. The van der Waals surface area contributed by atoms with Crippen molar-refractivity contribution < 1.29 is 9.47 Å². The molecule has 2 aromatic carbocycles. The quantitative estimate of drug-likeness (QED) is 0.479. The summed E-state index contributed by atoms with van der Waals surface area (Å²) in [5.74, 6) is 1.13. The van der Waals surface area contributed by atoms with Gasteiger partial charge in [-0.3, -0.25) is 4.99 Å². The third-order valence-corrected chi connectivity index (χ3v) is 3.04. The van der Waals surface area contributed by atoms with E-state index in [1.54, 1.807) is 54.9 Å². The monoisotopic (exact) mass is 334 g/mol. The van der Waals surface area contributed by atoms with E-state index < -0.39 is 6.23 Å². The van der Waals surface area contributed by atoms with Crippen molar-refractivity contribution in [1.29, 1.82) is 0 Å². The number of ether oxygens (including phenoxy) is 2. The second-order valence-electron chi connectivity index (χ2n) is 4.83. The summed E-state index contributed by atoms with van der Waals surface area (Å²) in [5.41, 5.74) is 0.631. The molecule has 124 valence electrons. The van der Waals surface area contributed by atoms with Crippen LogP contribution in [0.25, 0.3) is 0 Å². The fourth-order valence-electron chi connectivity index (χ4n) is 1.91. The third-order valence-electron chi connectivity index (χ3n) is 3.04. The lowest BCUT2D eigenvalue weighted by atomic mass is 10.3. The van der Waals surface area contributed by atoms with Crippen LogP contribution in [0.15, 0.2) is 83.2 Å². The van der Waals surface area contributed by atoms with Crippen LogP contribution in [0.1, 0.15) is 0 Å². The molecule has 0 aliphatic carbocycles. The Bertz CT molecular complexity index is 824. The number of aromatic nitrogens is 2. The molecule has 7 heteroatoms. The molecule has 0 amide bonds. The maximum absolute atomic E-state index is 10.9. The minimum atomic E-state index is -1.00. The molecule has 0 fully saturated rings. The first-order chi connectivity index (χ1) is 12.3. The molecule has 3 rings (SSSR count). The van der Waals surface area contributed by atoms with Gasteiger partial charge in [0.1, 0.15) is 11.5 Å². The van der Waals surface area contributed by atoms with Crippen LogP contribution in [0.5, 0.6) is 17.5 Å². The van der Waals surface area contributed by atoms with Gasteiger partial charge in [0, 0.05) is 12.4 Å². The minimum Gasteiger partial charge on any atom is -0.460 e. The molecule has 3 aromatic rings. The molecule has 0 N–H and O–H groups in total. The first-order valence-electron chi connectivity index (χ1n) is 7.47. The maximum atomic E-state index is 10.9. The molecule has 1 aromatic heterocycles. The van der Waals surface area contributed by atoms with E-state index in [1.165, 1.54) is 6.21 Å². The summed E-state index contributed by atoms with van der Waals surface area (Å²) in [7, 11) is 0. The number of aliphatic imine (C=N–C) groups is 1. The Balaban J connectivity index is 1.61. The van der Waals surface area contributed by atoms with Gasteiger partial charge >= 0.3 is 6.01 Å². The molecule has 0 radical (unpaired) electrons. The van der Waals surface area contributed by atoms with Gasteiger partial charge in [-0.05, 0) is 47.6 Å². The lowest BCUT2D eigenvalue weighted by molar-refractivity contribution is 0.280. The molecule has 0 spiro atoms. The van der Waals surface area contributed by atoms with Crippen LogP contribution in [0.2, 0.25) is 0 Å². The zero-order valence-electron chi connectivity index (χ0n) is 13.1. The molecule has 7 nitrogen and oxygen atoms in total. The average molecular weight is 334 g/mol. The van der Waals surface area contributed by atoms with E-state index >= 15 is 0 Å². The fraction of sp³-hybridized carbons (Fsp3) is 0.0556. The first kappa shape index (κ1) is 16.3. The summed E-state index contributed by atoms with van der Waals surface area (Å²) in [5, 5.41) is 2.91. The van der Waals surface area contributed by atoms with Gasteiger partial charge in [-0.2, -0.15) is 0 Å². The molecular weight excluding hydrogens is 320 g/mol. The normalized spacial score (nSPS) is 11.8. The third kappa shape index (κ3) is 4.93.